The standard InChI is InChI=1S/C16H20FN3O/c1-12(16(21)13-4-2-3-5-14(13)17)10-19-8-9-20-7-6-18-15(20)11-19/h2-7,12,16,21H,8-11H2,1H3. The number of halogens is 1. The van der Waals surface area contributed by atoms with Gasteiger partial charge in [-0.1, -0.05) is 25.1 Å². The molecular weight excluding hydrogens is 269 g/mol. The molecule has 2 unspecified atom stereocenters. The molecule has 1 aromatic carbocycles. The second-order valence-electron chi connectivity index (χ2n) is 5.72. The number of hydrogen-bond acceptors (Lipinski definition) is 3. The van der Waals surface area contributed by atoms with E-state index < -0.39 is 6.10 Å². The highest BCUT2D eigenvalue weighted by atomic mass is 19.1. The first-order valence-corrected chi connectivity index (χ1v) is 7.30. The monoisotopic (exact) mass is 289 g/mol. The molecule has 0 aliphatic carbocycles. The first-order chi connectivity index (χ1) is 10.1. The van der Waals surface area contributed by atoms with E-state index in [9.17, 15) is 9.50 Å². The van der Waals surface area contributed by atoms with Crippen LogP contribution in [0.25, 0.3) is 0 Å². The first kappa shape index (κ1) is 14.2. The normalized spacial score (nSPS) is 18.2. The van der Waals surface area contributed by atoms with Crippen molar-refractivity contribution in [3.05, 3.63) is 53.9 Å². The van der Waals surface area contributed by atoms with Crippen molar-refractivity contribution in [2.75, 3.05) is 13.1 Å². The van der Waals surface area contributed by atoms with E-state index in [0.29, 0.717) is 5.56 Å². The highest BCUT2D eigenvalue weighted by molar-refractivity contribution is 5.20. The van der Waals surface area contributed by atoms with Gasteiger partial charge in [0.1, 0.15) is 11.6 Å². The number of benzene rings is 1. The Morgan fingerprint density at radius 1 is 1.33 bits per heavy atom. The number of nitrogens with zero attached hydrogens (tertiary/aromatic N) is 3. The Morgan fingerprint density at radius 3 is 2.95 bits per heavy atom. The average Bonchev–Trinajstić information content (AvgIpc) is 2.94. The number of fused-ring (bicyclic) bond motifs is 1. The number of hydrogen-bond donors (Lipinski definition) is 1. The summed E-state index contributed by atoms with van der Waals surface area (Å²) in [4.78, 5) is 6.59. The van der Waals surface area contributed by atoms with Crippen molar-refractivity contribution < 1.29 is 9.50 Å². The van der Waals surface area contributed by atoms with Crippen LogP contribution >= 0.6 is 0 Å². The number of rotatable bonds is 4. The number of aliphatic hydroxyl groups is 1. The van der Waals surface area contributed by atoms with Gasteiger partial charge in [-0.3, -0.25) is 4.90 Å². The van der Waals surface area contributed by atoms with Crippen molar-refractivity contribution in [2.24, 2.45) is 5.92 Å². The van der Waals surface area contributed by atoms with Gasteiger partial charge in [0.15, 0.2) is 0 Å². The average molecular weight is 289 g/mol. The zero-order valence-electron chi connectivity index (χ0n) is 12.1. The second kappa shape index (κ2) is 5.95. The highest BCUT2D eigenvalue weighted by Crippen LogP contribution is 2.25. The molecule has 0 bridgehead atoms. The SMILES string of the molecule is CC(CN1CCn2ccnc2C1)C(O)c1ccccc1F. The maximum atomic E-state index is 13.7. The lowest BCUT2D eigenvalue weighted by Gasteiger charge is -2.31. The molecule has 4 nitrogen and oxygen atoms in total. The van der Waals surface area contributed by atoms with E-state index in [1.165, 1.54) is 6.07 Å². The van der Waals surface area contributed by atoms with E-state index in [1.54, 1.807) is 18.2 Å². The fourth-order valence-corrected chi connectivity index (χ4v) is 2.91. The van der Waals surface area contributed by atoms with Crippen LogP contribution in [0.4, 0.5) is 4.39 Å². The summed E-state index contributed by atoms with van der Waals surface area (Å²) in [6.07, 6.45) is 3.02. The molecule has 0 radical (unpaired) electrons. The van der Waals surface area contributed by atoms with Gasteiger partial charge in [-0.2, -0.15) is 0 Å². The Bertz CT molecular complexity index is 613. The van der Waals surface area contributed by atoms with Gasteiger partial charge in [0.2, 0.25) is 0 Å². The number of aliphatic hydroxyl groups excluding tert-OH is 1. The predicted molar refractivity (Wildman–Crippen MR) is 78.0 cm³/mol. The van der Waals surface area contributed by atoms with Crippen molar-refractivity contribution in [3.63, 3.8) is 0 Å². The number of imidazole rings is 1. The molecule has 1 aliphatic heterocycles. The quantitative estimate of drug-likeness (QED) is 0.938. The van der Waals surface area contributed by atoms with Crippen molar-refractivity contribution in [2.45, 2.75) is 26.1 Å². The van der Waals surface area contributed by atoms with Crippen LogP contribution in [0, 0.1) is 11.7 Å². The summed E-state index contributed by atoms with van der Waals surface area (Å²) in [5.74, 6) is 0.670. The molecule has 1 aromatic heterocycles. The molecule has 0 amide bonds. The van der Waals surface area contributed by atoms with E-state index in [1.807, 2.05) is 19.3 Å². The van der Waals surface area contributed by atoms with Crippen LogP contribution in [0.3, 0.4) is 0 Å². The lowest BCUT2D eigenvalue weighted by Crippen LogP contribution is -2.37. The van der Waals surface area contributed by atoms with Gasteiger partial charge in [0.05, 0.1) is 12.6 Å². The molecule has 0 saturated carbocycles. The fourth-order valence-electron chi connectivity index (χ4n) is 2.91. The van der Waals surface area contributed by atoms with Gasteiger partial charge in [0, 0.05) is 37.6 Å². The van der Waals surface area contributed by atoms with Crippen LogP contribution in [0.2, 0.25) is 0 Å². The Balaban J connectivity index is 1.64. The lowest BCUT2D eigenvalue weighted by molar-refractivity contribution is 0.0763. The molecule has 0 saturated heterocycles. The molecule has 3 rings (SSSR count). The van der Waals surface area contributed by atoms with Gasteiger partial charge >= 0.3 is 0 Å². The molecule has 112 valence electrons. The topological polar surface area (TPSA) is 41.3 Å². The van der Waals surface area contributed by atoms with E-state index in [2.05, 4.69) is 14.5 Å². The molecule has 21 heavy (non-hydrogen) atoms. The summed E-state index contributed by atoms with van der Waals surface area (Å²) in [7, 11) is 0. The molecule has 5 heteroatoms. The van der Waals surface area contributed by atoms with Crippen LogP contribution in [0.5, 0.6) is 0 Å². The molecule has 2 atom stereocenters. The first-order valence-electron chi connectivity index (χ1n) is 7.30. The largest absolute Gasteiger partial charge is 0.388 e. The van der Waals surface area contributed by atoms with E-state index in [4.69, 9.17) is 0 Å². The molecule has 1 aliphatic rings. The van der Waals surface area contributed by atoms with Gasteiger partial charge in [-0.25, -0.2) is 9.37 Å². The molecule has 1 N–H and O–H groups in total. The zero-order chi connectivity index (χ0) is 14.8. The Labute approximate surface area is 123 Å². The summed E-state index contributed by atoms with van der Waals surface area (Å²) < 4.78 is 15.9. The minimum absolute atomic E-state index is 0.0385. The maximum absolute atomic E-state index is 13.7. The summed E-state index contributed by atoms with van der Waals surface area (Å²) in [5, 5.41) is 10.4. The summed E-state index contributed by atoms with van der Waals surface area (Å²) in [5.41, 5.74) is 0.378. The number of aromatic nitrogens is 2. The van der Waals surface area contributed by atoms with Crippen LogP contribution < -0.4 is 0 Å². The predicted octanol–water partition coefficient (Wildman–Crippen LogP) is 2.21. The van der Waals surface area contributed by atoms with Crippen molar-refractivity contribution in [3.8, 4) is 0 Å². The minimum atomic E-state index is -0.784. The second-order valence-corrected chi connectivity index (χ2v) is 5.72. The Kier molecular flexibility index (Phi) is 4.03. The van der Waals surface area contributed by atoms with Crippen molar-refractivity contribution in [1.82, 2.24) is 14.5 Å². The summed E-state index contributed by atoms with van der Waals surface area (Å²) >= 11 is 0. The van der Waals surface area contributed by atoms with E-state index in [0.717, 1.165) is 32.0 Å². The minimum Gasteiger partial charge on any atom is -0.388 e. The Hall–Kier alpha value is -1.72. The molecular formula is C16H20FN3O. The van der Waals surface area contributed by atoms with Crippen LogP contribution in [0.15, 0.2) is 36.7 Å². The molecule has 0 fully saturated rings. The smallest absolute Gasteiger partial charge is 0.129 e. The molecule has 0 spiro atoms. The zero-order valence-corrected chi connectivity index (χ0v) is 12.1. The summed E-state index contributed by atoms with van der Waals surface area (Å²) in [6, 6.07) is 6.44. The van der Waals surface area contributed by atoms with Gasteiger partial charge in [-0.05, 0) is 12.0 Å². The van der Waals surface area contributed by atoms with Crippen molar-refractivity contribution >= 4 is 0 Å². The maximum Gasteiger partial charge on any atom is 0.129 e. The Morgan fingerprint density at radius 2 is 2.14 bits per heavy atom. The highest BCUT2D eigenvalue weighted by Gasteiger charge is 2.24. The van der Waals surface area contributed by atoms with Crippen LogP contribution in [0.1, 0.15) is 24.4 Å². The third-order valence-electron chi connectivity index (χ3n) is 4.13. The van der Waals surface area contributed by atoms with E-state index >= 15 is 0 Å². The van der Waals surface area contributed by atoms with Crippen molar-refractivity contribution in [1.29, 1.82) is 0 Å². The third-order valence-corrected chi connectivity index (χ3v) is 4.13. The van der Waals surface area contributed by atoms with E-state index in [-0.39, 0.29) is 11.7 Å². The fraction of sp³-hybridized carbons (Fsp3) is 0.438. The van der Waals surface area contributed by atoms with Gasteiger partial charge < -0.3 is 9.67 Å². The molecule has 2 heterocycles. The van der Waals surface area contributed by atoms with Crippen LogP contribution in [-0.2, 0) is 13.1 Å². The third kappa shape index (κ3) is 2.99. The summed E-state index contributed by atoms with van der Waals surface area (Å²) in [6.45, 7) is 5.30. The molecule has 2 aromatic rings. The lowest BCUT2D eigenvalue weighted by atomic mass is 9.96. The van der Waals surface area contributed by atoms with Crippen LogP contribution in [-0.4, -0.2) is 32.6 Å². The van der Waals surface area contributed by atoms with Gasteiger partial charge in [0.25, 0.3) is 0 Å². The van der Waals surface area contributed by atoms with Gasteiger partial charge in [-0.15, -0.1) is 0 Å².